The van der Waals surface area contributed by atoms with E-state index in [4.69, 9.17) is 28.4 Å². The van der Waals surface area contributed by atoms with Crippen molar-refractivity contribution in [3.63, 3.8) is 0 Å². The number of allylic oxidation sites excluding steroid dienone is 2. The zero-order valence-corrected chi connectivity index (χ0v) is 23.5. The second-order valence-corrected chi connectivity index (χ2v) is 10.4. The van der Waals surface area contributed by atoms with Gasteiger partial charge >= 0.3 is 0 Å². The second-order valence-electron chi connectivity index (χ2n) is 10.4. The zero-order chi connectivity index (χ0) is 31.3. The molecular formula is C31H31O13+. The lowest BCUT2D eigenvalue weighted by atomic mass is 9.91. The first kappa shape index (κ1) is 29.4. The van der Waals surface area contributed by atoms with Crippen LogP contribution in [-0.2, 0) is 9.47 Å². The van der Waals surface area contributed by atoms with E-state index in [1.165, 1.54) is 50.6 Å². The van der Waals surface area contributed by atoms with Crippen LogP contribution in [0.3, 0.4) is 0 Å². The highest BCUT2D eigenvalue weighted by Gasteiger charge is 2.48. The molecule has 3 aromatic rings. The average Bonchev–Trinajstić information content (AvgIpc) is 3.02. The Labute approximate surface area is 250 Å². The maximum Gasteiger partial charge on any atom is 0.271 e. The van der Waals surface area contributed by atoms with Gasteiger partial charge in [0.25, 0.3) is 11.9 Å². The summed E-state index contributed by atoms with van der Waals surface area (Å²) in [7, 11) is 2.73. The Morgan fingerprint density at radius 2 is 1.52 bits per heavy atom. The van der Waals surface area contributed by atoms with Crippen LogP contribution in [0.4, 0.5) is 0 Å². The summed E-state index contributed by atoms with van der Waals surface area (Å²) in [6.45, 7) is -0.665. The Morgan fingerprint density at radius 3 is 2.16 bits per heavy atom. The van der Waals surface area contributed by atoms with E-state index in [0.29, 0.717) is 33.8 Å². The number of hydrogen-bond donors (Lipinski definition) is 7. The standard InChI is InChI=1S/C31H30O13/c1-39-21-7-14(8-22(40-2)25(21)35)29-30(44-31-28(38)27(37)26(36)23(12-32)43-31)17-11-18(13-3-5-15(33)6-4-13)41-19-9-16(34)10-20(42-29)24(17)19/h3-11,23,26-29,31-38H,12H2,1-2H3/p+1/t23-,26-,27+,28-,29?,31+/m1/s1. The van der Waals surface area contributed by atoms with E-state index in [-0.39, 0.29) is 40.3 Å². The van der Waals surface area contributed by atoms with E-state index >= 15 is 0 Å². The van der Waals surface area contributed by atoms with Gasteiger partial charge in [-0.05, 0) is 42.5 Å². The lowest BCUT2D eigenvalue weighted by Crippen LogP contribution is -2.59. The van der Waals surface area contributed by atoms with Gasteiger partial charge in [0, 0.05) is 17.2 Å². The quantitative estimate of drug-likeness (QED) is 0.191. The maximum absolute atomic E-state index is 10.9. The van der Waals surface area contributed by atoms with Gasteiger partial charge in [-0.15, -0.1) is 0 Å². The molecule has 3 aliphatic rings. The molecule has 0 saturated carbocycles. The predicted molar refractivity (Wildman–Crippen MR) is 152 cm³/mol. The first-order valence-electron chi connectivity index (χ1n) is 13.6. The Morgan fingerprint density at radius 1 is 0.841 bits per heavy atom. The number of hydrogen-bond acceptors (Lipinski definition) is 12. The number of methoxy groups -OCH3 is 2. The summed E-state index contributed by atoms with van der Waals surface area (Å²) in [4.78, 5) is 0. The van der Waals surface area contributed by atoms with Gasteiger partial charge in [-0.25, -0.2) is 0 Å². The highest BCUT2D eigenvalue weighted by Crippen LogP contribution is 2.54. The van der Waals surface area contributed by atoms with Crippen LogP contribution in [0.1, 0.15) is 22.8 Å². The third-order valence-electron chi connectivity index (χ3n) is 7.67. The van der Waals surface area contributed by atoms with Crippen molar-refractivity contribution in [1.29, 1.82) is 0 Å². The van der Waals surface area contributed by atoms with Crippen molar-refractivity contribution in [3.8, 4) is 40.2 Å². The summed E-state index contributed by atoms with van der Waals surface area (Å²) >= 11 is 0. The molecule has 6 rings (SSSR count). The highest BCUT2D eigenvalue weighted by atomic mass is 16.7. The van der Waals surface area contributed by atoms with Crippen LogP contribution in [0.2, 0.25) is 0 Å². The van der Waals surface area contributed by atoms with Crippen LogP contribution < -0.4 is 14.2 Å². The van der Waals surface area contributed by atoms with Gasteiger partial charge in [0.1, 0.15) is 53.0 Å². The number of rotatable bonds is 7. The third-order valence-corrected chi connectivity index (χ3v) is 7.67. The molecule has 0 bridgehead atoms. The van der Waals surface area contributed by atoms with Crippen LogP contribution in [-0.4, -0.2) is 92.0 Å². The first-order valence-corrected chi connectivity index (χ1v) is 13.6. The van der Waals surface area contributed by atoms with E-state index in [2.05, 4.69) is 0 Å². The van der Waals surface area contributed by atoms with Crippen molar-refractivity contribution in [1.82, 2.24) is 0 Å². The SMILES string of the molecule is COc1cc(C2[OH+]c3cc(O)cc4c3C(=C2O[C@@H]2O[C@H](CO)[C@@H](O)[C@H](O)[C@H]2O)C=C(c2ccc(O)cc2)O4)cc(OC)c1O. The summed E-state index contributed by atoms with van der Waals surface area (Å²) in [5, 5.41) is 72.4. The molecule has 3 aliphatic heterocycles. The topological polar surface area (TPSA) is 201 Å². The predicted octanol–water partition coefficient (Wildman–Crippen LogP) is 1.78. The lowest BCUT2D eigenvalue weighted by molar-refractivity contribution is -0.295. The van der Waals surface area contributed by atoms with E-state index < -0.39 is 43.4 Å². The van der Waals surface area contributed by atoms with Crippen molar-refractivity contribution in [3.05, 3.63) is 77.1 Å². The molecule has 0 amide bonds. The largest absolute Gasteiger partial charge is 0.571 e. The molecule has 0 aromatic heterocycles. The summed E-state index contributed by atoms with van der Waals surface area (Å²) in [5.41, 5.74) is 1.83. The Bertz CT molecular complexity index is 1600. The molecule has 13 heteroatoms. The molecule has 0 radical (unpaired) electrons. The summed E-state index contributed by atoms with van der Waals surface area (Å²) in [5.74, 6) is 0.785. The van der Waals surface area contributed by atoms with Crippen LogP contribution in [0.5, 0.6) is 40.2 Å². The van der Waals surface area contributed by atoms with E-state index in [9.17, 15) is 35.7 Å². The molecule has 3 aromatic carbocycles. The number of aliphatic hydroxyl groups excluding tert-OH is 4. The van der Waals surface area contributed by atoms with Crippen LogP contribution in [0.25, 0.3) is 11.3 Å². The fourth-order valence-corrected chi connectivity index (χ4v) is 5.41. The number of phenols is 3. The molecule has 3 heterocycles. The second kappa shape index (κ2) is 11.4. The molecule has 8 N–H and O–H groups in total. The smallest absolute Gasteiger partial charge is 0.271 e. The van der Waals surface area contributed by atoms with Crippen molar-refractivity contribution in [2.24, 2.45) is 0 Å². The number of benzene rings is 3. The summed E-state index contributed by atoms with van der Waals surface area (Å²) in [6, 6.07) is 12.1. The molecule has 0 spiro atoms. The minimum Gasteiger partial charge on any atom is -0.571 e. The Hall–Kier alpha value is -4.66. The first-order chi connectivity index (χ1) is 21.1. The van der Waals surface area contributed by atoms with Crippen LogP contribution >= 0.6 is 0 Å². The van der Waals surface area contributed by atoms with Gasteiger partial charge in [-0.2, -0.15) is 0 Å². The number of aromatic hydroxyl groups is 4. The Balaban J connectivity index is 1.58. The van der Waals surface area contributed by atoms with Crippen LogP contribution in [0.15, 0.2) is 60.4 Å². The highest BCUT2D eigenvalue weighted by molar-refractivity contribution is 5.93. The van der Waals surface area contributed by atoms with Crippen molar-refractivity contribution < 1.29 is 64.2 Å². The lowest BCUT2D eigenvalue weighted by Gasteiger charge is -2.41. The van der Waals surface area contributed by atoms with Gasteiger partial charge in [0.05, 0.1) is 32.5 Å². The molecule has 0 aliphatic carbocycles. The molecule has 232 valence electrons. The van der Waals surface area contributed by atoms with Gasteiger partial charge in [-0.3, -0.25) is 0 Å². The van der Waals surface area contributed by atoms with Gasteiger partial charge in [-0.1, -0.05) is 0 Å². The fourth-order valence-electron chi connectivity index (χ4n) is 5.41. The normalized spacial score (nSPS) is 25.7. The molecule has 1 fully saturated rings. The molecule has 6 atom stereocenters. The van der Waals surface area contributed by atoms with E-state index in [1.807, 2.05) is 0 Å². The summed E-state index contributed by atoms with van der Waals surface area (Å²) in [6.07, 6.45) is -7.22. The molecule has 44 heavy (non-hydrogen) atoms. The van der Waals surface area contributed by atoms with Crippen LogP contribution in [0, 0.1) is 0 Å². The number of ether oxygens (including phenoxy) is 6. The van der Waals surface area contributed by atoms with Crippen molar-refractivity contribution in [2.45, 2.75) is 36.8 Å². The number of aliphatic hydroxyl groups is 5. The molecular weight excluding hydrogens is 580 g/mol. The zero-order valence-electron chi connectivity index (χ0n) is 23.5. The average molecular weight is 612 g/mol. The van der Waals surface area contributed by atoms with Gasteiger partial charge in [0.2, 0.25) is 17.8 Å². The van der Waals surface area contributed by atoms with E-state index in [1.54, 1.807) is 18.2 Å². The summed E-state index contributed by atoms with van der Waals surface area (Å²) < 4.78 is 33.7. The number of phenolic OH excluding ortho intramolecular Hbond substituents is 3. The van der Waals surface area contributed by atoms with Gasteiger partial charge in [0.15, 0.2) is 11.5 Å². The maximum atomic E-state index is 10.9. The Kier molecular flexibility index (Phi) is 7.65. The third kappa shape index (κ3) is 5.00. The van der Waals surface area contributed by atoms with Crippen molar-refractivity contribution >= 4 is 11.3 Å². The minimum absolute atomic E-state index is 0.0445. The molecule has 1 saturated heterocycles. The fraction of sp³-hybridized carbons (Fsp3) is 0.290. The van der Waals surface area contributed by atoms with Gasteiger partial charge < -0.3 is 64.2 Å². The monoisotopic (exact) mass is 611 g/mol. The van der Waals surface area contributed by atoms with E-state index in [0.717, 1.165) is 0 Å². The molecule has 13 nitrogen and oxygen atoms in total. The van der Waals surface area contributed by atoms with Crippen molar-refractivity contribution in [2.75, 3.05) is 20.8 Å². The molecule has 1 unspecified atom stereocenters. The minimum atomic E-state index is -1.73.